The first-order valence-electron chi connectivity index (χ1n) is 50.5. The largest absolute Gasteiger partial charge is 0.497 e. The first-order valence-corrected chi connectivity index (χ1v) is 50.9. The number of likely N-dealkylation sites (N-methyl/N-ethyl adjacent to an activating group) is 4. The van der Waals surface area contributed by atoms with Crippen molar-refractivity contribution < 1.29 is 38.1 Å². The van der Waals surface area contributed by atoms with Crippen LogP contribution in [0.3, 0.4) is 0 Å². The van der Waals surface area contributed by atoms with Crippen molar-refractivity contribution in [3.63, 3.8) is 0 Å². The van der Waals surface area contributed by atoms with Crippen molar-refractivity contribution in [3.05, 3.63) is 293 Å². The molecule has 4 aliphatic heterocycles. The highest BCUT2D eigenvalue weighted by Gasteiger charge is 2.30. The number of anilines is 19. The second-order valence-electron chi connectivity index (χ2n) is 37.0. The van der Waals surface area contributed by atoms with Gasteiger partial charge in [0.15, 0.2) is 0 Å². The lowest BCUT2D eigenvalue weighted by Crippen LogP contribution is -2.46. The van der Waals surface area contributed by atoms with E-state index in [2.05, 4.69) is 212 Å². The summed E-state index contributed by atoms with van der Waals surface area (Å²) >= 11 is 6.23. The van der Waals surface area contributed by atoms with Crippen molar-refractivity contribution in [2.75, 3.05) is 270 Å². The number of nitrogens with zero attached hydrogens (tertiary/aromatic N) is 20. The number of carbonyl (C=O) groups excluding carboxylic acids is 4. The number of methoxy groups -OCH3 is 4. The van der Waals surface area contributed by atoms with Crippen molar-refractivity contribution in [3.8, 4) is 11.5 Å². The van der Waals surface area contributed by atoms with E-state index >= 15 is 0 Å². The van der Waals surface area contributed by atoms with E-state index in [9.17, 15) is 19.2 Å². The molecular weight excluding hydrogens is 1900 g/mol. The van der Waals surface area contributed by atoms with Gasteiger partial charge < -0.3 is 95.4 Å². The summed E-state index contributed by atoms with van der Waals surface area (Å²) in [5, 5.41) is 22.4. The minimum atomic E-state index is -0.364. The Bertz CT molecular complexity index is 6490. The zero-order valence-corrected chi connectivity index (χ0v) is 89.1. The average Bonchev–Trinajstić information content (AvgIpc) is 0.783. The number of benzene rings is 9. The summed E-state index contributed by atoms with van der Waals surface area (Å²) in [5.74, 6) is 5.39. The molecule has 0 saturated carbocycles. The summed E-state index contributed by atoms with van der Waals surface area (Å²) in [4.78, 5) is 115. The lowest BCUT2D eigenvalue weighted by atomic mass is 10.1. The third kappa shape index (κ3) is 30.0. The van der Waals surface area contributed by atoms with E-state index in [0.29, 0.717) is 107 Å². The second kappa shape index (κ2) is 53.8. The topological polar surface area (TPSA) is 331 Å². The summed E-state index contributed by atoms with van der Waals surface area (Å²) in [6.45, 7) is 39.0. The Labute approximate surface area is 880 Å². The number of aromatic nitrogens is 8. The number of hydrogen-bond acceptors (Lipinski definition) is 27. The van der Waals surface area contributed by atoms with Gasteiger partial charge in [-0.3, -0.25) is 9.80 Å². The molecule has 0 unspecified atom stereocenters. The molecule has 0 atom stereocenters. The first-order chi connectivity index (χ1) is 72.2. The molecule has 0 spiro atoms. The highest BCUT2D eigenvalue weighted by Crippen LogP contribution is 2.39. The van der Waals surface area contributed by atoms with Gasteiger partial charge in [-0.15, -0.1) is 0 Å². The molecule has 13 aromatic rings. The predicted octanol–water partition coefficient (Wildman–Crippen LogP) is 19.8. The molecule has 4 fully saturated rings. The van der Waals surface area contributed by atoms with Crippen LogP contribution in [0.2, 0.25) is 5.02 Å². The number of nitrogens with one attached hydrogen (secondary N) is 7. The van der Waals surface area contributed by atoms with Crippen molar-refractivity contribution >= 4 is 145 Å². The van der Waals surface area contributed by atoms with E-state index in [1.807, 2.05) is 139 Å². The Balaban J connectivity index is 0.000000157. The number of piperazine rings is 4. The monoisotopic (exact) mass is 2040 g/mol. The van der Waals surface area contributed by atoms with Crippen molar-refractivity contribution in [2.45, 2.75) is 68.7 Å². The molecule has 9 aromatic carbocycles. The van der Waals surface area contributed by atoms with Crippen LogP contribution >= 0.6 is 11.6 Å². The number of ether oxygens (including phenoxy) is 4. The molecular formula is C113H140ClN27O8. The highest BCUT2D eigenvalue weighted by molar-refractivity contribution is 6.34. The van der Waals surface area contributed by atoms with Gasteiger partial charge in [0.1, 0.15) is 77.0 Å². The molecule has 7 N–H and O–H groups in total. The molecule has 149 heavy (non-hydrogen) atoms. The fourth-order valence-corrected chi connectivity index (χ4v) is 18.1. The lowest BCUT2D eigenvalue weighted by Gasteiger charge is -2.35. The summed E-state index contributed by atoms with van der Waals surface area (Å²) in [7, 11) is 12.4. The Kier molecular flexibility index (Phi) is 39.5. The van der Waals surface area contributed by atoms with Gasteiger partial charge in [-0.2, -0.15) is 0 Å². The predicted molar refractivity (Wildman–Crippen MR) is 603 cm³/mol. The SMILES string of the molecule is CCN1CCN(c2ccc(N(C(=O)Nc3c(C)cccc3C)c3cc(NCCOC)ncn3)cc2)CC1.CCN1CCN(c2ccc(Nc3cc(N(CCOC)C(=O)Nc4c(C)cccc4C)ncn3)cc2)CC1.COc1ccc(N(C(=O)Nc2c(C)cccc2C)c2ccnc(Cc3ccc(N4CCN(C)CC4)cc3)n2)c(OC)c1.Cc1cccc(Cl)c1NC(=O)N(C)c1cc(Nc2ccc(N3CCN(C)CC3)cc2)ncn1. The maximum atomic E-state index is 14.0. The normalized spacial score (nSPS) is 13.8. The van der Waals surface area contributed by atoms with E-state index in [0.717, 1.165) is 202 Å². The number of hydrogen-bond donors (Lipinski definition) is 7. The average molecular weight is 2040 g/mol. The van der Waals surface area contributed by atoms with Gasteiger partial charge in [-0.1, -0.05) is 104 Å². The van der Waals surface area contributed by atoms with Crippen LogP contribution in [0.5, 0.6) is 11.5 Å². The van der Waals surface area contributed by atoms with Gasteiger partial charge in [0, 0.05) is 221 Å². The third-order valence-electron chi connectivity index (χ3n) is 26.8. The van der Waals surface area contributed by atoms with Crippen LogP contribution in [0, 0.1) is 48.5 Å². The van der Waals surface area contributed by atoms with Crippen LogP contribution in [-0.4, -0.2) is 277 Å². The minimum absolute atomic E-state index is 0.272. The van der Waals surface area contributed by atoms with Gasteiger partial charge in [0.05, 0.1) is 56.1 Å². The Morgan fingerprint density at radius 2 is 0.799 bits per heavy atom. The van der Waals surface area contributed by atoms with E-state index in [4.69, 9.17) is 35.5 Å². The molecule has 0 bridgehead atoms. The fourth-order valence-electron chi connectivity index (χ4n) is 17.8. The Hall–Kier alpha value is -15.4. The summed E-state index contributed by atoms with van der Waals surface area (Å²) in [5.41, 5.74) is 18.8. The van der Waals surface area contributed by atoms with Gasteiger partial charge in [0.25, 0.3) is 0 Å². The third-order valence-corrected chi connectivity index (χ3v) is 27.1. The number of para-hydroxylation sites is 4. The molecule has 4 aliphatic rings. The number of urea groups is 4. The van der Waals surface area contributed by atoms with Crippen LogP contribution in [0.25, 0.3) is 0 Å². The number of carbonyl (C=O) groups is 4. The van der Waals surface area contributed by atoms with Crippen molar-refractivity contribution in [1.82, 2.24) is 59.5 Å². The van der Waals surface area contributed by atoms with E-state index in [-0.39, 0.29) is 24.1 Å². The van der Waals surface area contributed by atoms with E-state index < -0.39 is 0 Å². The van der Waals surface area contributed by atoms with Gasteiger partial charge in [0.2, 0.25) is 0 Å². The highest BCUT2D eigenvalue weighted by atomic mass is 35.5. The molecule has 8 amide bonds. The maximum absolute atomic E-state index is 14.0. The number of halogens is 1. The number of rotatable bonds is 31. The van der Waals surface area contributed by atoms with Crippen molar-refractivity contribution in [1.29, 1.82) is 0 Å². The summed E-state index contributed by atoms with van der Waals surface area (Å²) < 4.78 is 21.4. The zero-order chi connectivity index (χ0) is 105. The molecule has 4 aromatic heterocycles. The number of aryl methyl sites for hydroxylation is 7. The molecule has 0 aliphatic carbocycles. The van der Waals surface area contributed by atoms with Gasteiger partial charge >= 0.3 is 24.1 Å². The lowest BCUT2D eigenvalue weighted by molar-refractivity contribution is 0.204. The second-order valence-corrected chi connectivity index (χ2v) is 37.4. The summed E-state index contributed by atoms with van der Waals surface area (Å²) in [6, 6.07) is 67.7. The molecule has 4 saturated heterocycles. The van der Waals surface area contributed by atoms with E-state index in [1.54, 1.807) is 100 Å². The molecule has 35 nitrogen and oxygen atoms in total. The van der Waals surface area contributed by atoms with Crippen LogP contribution < -0.4 is 85.9 Å². The standard InChI is InChI=1S/C33H38N6O3.2C28H37N7O2.C24H28ClN7O/c1-23-7-6-8-24(2)32(23)36-33(40)39(28-14-13-27(41-4)22-29(28)42-5)31-15-16-34-30(35-31)21-25-9-11-26(12-10-25)38-19-17-37(3)18-20-38;1-5-33-14-16-34(17-15-33)23-9-11-24(12-10-23)35(26-19-25(30-20-31-26)29-13-18-37-4)28(36)32-27-21(2)7-6-8-22(27)3;1-5-33-13-15-34(16-14-33)24-11-9-23(10-12-24)31-25-19-26(30-20-29-25)35(17-18-37-4)28(36)32-27-21(2)7-6-8-22(27)3;1-17-5-4-6-20(25)23(17)29-24(33)31(3)22-15-21(26-16-27-22)28-18-7-9-19(10-8-18)32-13-11-30(2)12-14-32/h6-16,22H,17-21H2,1-5H3,(H,36,40);2*6-12,19-20H,5,13-18H2,1-4H3,(H,32,36)(H,29,30,31);4-10,15-16H,11-14H2,1-3H3,(H,29,33)(H,26,27,28). The number of amides is 8. The van der Waals surface area contributed by atoms with Crippen LogP contribution in [0.4, 0.5) is 128 Å². The zero-order valence-electron chi connectivity index (χ0n) is 88.4. The maximum Gasteiger partial charge on any atom is 0.332 e. The fraction of sp³-hybridized carbons (Fsp3) is 0.345. The smallest absolute Gasteiger partial charge is 0.332 e. The van der Waals surface area contributed by atoms with Crippen molar-refractivity contribution in [2.24, 2.45) is 0 Å². The Morgan fingerprint density at radius 3 is 1.26 bits per heavy atom. The minimum Gasteiger partial charge on any atom is -0.497 e. The molecule has 0 radical (unpaired) electrons. The van der Waals surface area contributed by atoms with Crippen LogP contribution in [0.1, 0.15) is 64.2 Å². The quantitative estimate of drug-likeness (QED) is 0.0198. The first kappa shape index (κ1) is 109. The van der Waals surface area contributed by atoms with E-state index in [1.165, 1.54) is 45.8 Å². The Morgan fingerprint density at radius 1 is 0.389 bits per heavy atom. The molecule has 8 heterocycles. The molecule has 17 rings (SSSR count). The van der Waals surface area contributed by atoms with Crippen LogP contribution in [0.15, 0.2) is 238 Å². The van der Waals surface area contributed by atoms with Crippen LogP contribution in [-0.2, 0) is 15.9 Å². The van der Waals surface area contributed by atoms with Gasteiger partial charge in [-0.25, -0.2) is 68.8 Å². The molecule has 782 valence electrons. The molecule has 36 heteroatoms. The van der Waals surface area contributed by atoms with Gasteiger partial charge in [-0.05, 0) is 229 Å². The summed E-state index contributed by atoms with van der Waals surface area (Å²) in [6.07, 6.45) is 6.58.